The molecule has 273 valence electrons. The first kappa shape index (κ1) is 39.9. The standard InChI is InChI=1S/C24H14BrNO.C19H12O.C6H4BrI.B2.B/c25-15-9-11-16(12-10-15)26-21-7-3-1-5-17(21)19-13-14-20-18-6-2-4-8-22(18)27-24(20)23(19)26;1-2-6-13-12(5-1)11-17-14(13)9-10-16-15-7-3-4-8-18(15)20-19(16)17;7-5-1-3-6(8)4-2-5;1-2;/h1-14H;1-10H,11H2;1-4H;;. The van der Waals surface area contributed by atoms with Crippen molar-refractivity contribution in [2.24, 2.45) is 0 Å². The summed E-state index contributed by atoms with van der Waals surface area (Å²) in [5.41, 5.74) is 12.7. The molecular formula is C49H30B3Br2INO2. The number of hydrogen-bond donors (Lipinski definition) is 0. The van der Waals surface area contributed by atoms with Gasteiger partial charge in [-0.1, -0.05) is 123 Å². The SMILES string of the molecule is Brc1ccc(-n2c3ccccc3c3ccc4c5ccccc5oc4c32)cc1.Brc1ccc(I)cc1.[B].[B][B].c1ccc2c(c1)Cc1c-2ccc2c1oc1ccccc12. The minimum atomic E-state index is 0. The Hall–Kier alpha value is -4.96. The van der Waals surface area contributed by atoms with Crippen molar-refractivity contribution in [3.63, 3.8) is 0 Å². The highest BCUT2D eigenvalue weighted by Gasteiger charge is 2.23. The second-order valence-electron chi connectivity index (χ2n) is 13.6. The average Bonchev–Trinajstić information content (AvgIpc) is 4.02. The van der Waals surface area contributed by atoms with Gasteiger partial charge in [-0.15, -0.1) is 0 Å². The van der Waals surface area contributed by atoms with Crippen LogP contribution in [0.2, 0.25) is 0 Å². The molecule has 0 saturated heterocycles. The molecular weight excluding hydrogens is 954 g/mol. The van der Waals surface area contributed by atoms with Crippen molar-refractivity contribution in [1.82, 2.24) is 4.57 Å². The Balaban J connectivity index is 0.000000133. The highest BCUT2D eigenvalue weighted by atomic mass is 127. The molecule has 8 aromatic carbocycles. The summed E-state index contributed by atoms with van der Waals surface area (Å²) in [6.45, 7) is 0. The number of hydrogen-bond acceptors (Lipinski definition) is 2. The maximum Gasteiger partial charge on any atom is 0.160 e. The molecule has 9 heteroatoms. The monoisotopic (exact) mass is 982 g/mol. The molecule has 0 amide bonds. The lowest BCUT2D eigenvalue weighted by atomic mass is 9.81. The maximum absolute atomic E-state index is 6.35. The summed E-state index contributed by atoms with van der Waals surface area (Å²) in [7, 11) is 8.00. The lowest BCUT2D eigenvalue weighted by Crippen LogP contribution is -1.93. The van der Waals surface area contributed by atoms with Crippen LogP contribution >= 0.6 is 54.5 Å². The highest BCUT2D eigenvalue weighted by Crippen LogP contribution is 2.43. The number of benzene rings is 8. The van der Waals surface area contributed by atoms with Crippen LogP contribution in [-0.2, 0) is 6.42 Å². The third kappa shape index (κ3) is 7.22. The molecule has 11 aromatic rings. The van der Waals surface area contributed by atoms with Crippen LogP contribution in [0, 0.1) is 3.57 Å². The van der Waals surface area contributed by atoms with Gasteiger partial charge in [0.1, 0.15) is 16.7 Å². The fourth-order valence-corrected chi connectivity index (χ4v) is 8.81. The summed E-state index contributed by atoms with van der Waals surface area (Å²) < 4.78 is 18.3. The molecule has 0 aliphatic heterocycles. The molecule has 0 unspecified atom stereocenters. The van der Waals surface area contributed by atoms with Crippen molar-refractivity contribution in [3.8, 4) is 16.8 Å². The van der Waals surface area contributed by atoms with Crippen LogP contribution in [0.25, 0.3) is 82.5 Å². The van der Waals surface area contributed by atoms with Crippen molar-refractivity contribution in [3.05, 3.63) is 194 Å². The van der Waals surface area contributed by atoms with Gasteiger partial charge in [-0.3, -0.25) is 0 Å². The zero-order valence-corrected chi connectivity index (χ0v) is 36.3. The van der Waals surface area contributed by atoms with E-state index in [0.717, 1.165) is 59.7 Å². The van der Waals surface area contributed by atoms with Gasteiger partial charge < -0.3 is 13.4 Å². The molecule has 3 aromatic heterocycles. The van der Waals surface area contributed by atoms with Crippen molar-refractivity contribution in [2.75, 3.05) is 0 Å². The predicted molar refractivity (Wildman–Crippen MR) is 262 cm³/mol. The van der Waals surface area contributed by atoms with Crippen molar-refractivity contribution in [2.45, 2.75) is 6.42 Å². The first-order valence-corrected chi connectivity index (χ1v) is 21.0. The summed E-state index contributed by atoms with van der Waals surface area (Å²) in [6.07, 6.45) is 0.975. The Morgan fingerprint density at radius 1 is 0.483 bits per heavy atom. The number of furan rings is 2. The number of rotatable bonds is 1. The van der Waals surface area contributed by atoms with E-state index in [1.807, 2.05) is 36.4 Å². The van der Waals surface area contributed by atoms with Gasteiger partial charge >= 0.3 is 0 Å². The van der Waals surface area contributed by atoms with E-state index in [0.29, 0.717) is 0 Å². The van der Waals surface area contributed by atoms with Gasteiger partial charge in [-0.05, 0) is 118 Å². The van der Waals surface area contributed by atoms with Gasteiger partial charge in [0.05, 0.1) is 11.0 Å². The van der Waals surface area contributed by atoms with Crippen LogP contribution in [0.4, 0.5) is 0 Å². The third-order valence-electron chi connectivity index (χ3n) is 10.4. The fraction of sp³-hybridized carbons (Fsp3) is 0.0204. The molecule has 0 bridgehead atoms. The van der Waals surface area contributed by atoms with Gasteiger partial charge in [-0.2, -0.15) is 0 Å². The largest absolute Gasteiger partial charge is 0.456 e. The summed E-state index contributed by atoms with van der Waals surface area (Å²) in [5, 5.41) is 7.19. The molecule has 3 heterocycles. The summed E-state index contributed by atoms with van der Waals surface area (Å²) in [5.74, 6) is 0. The number of halogens is 3. The zero-order chi connectivity index (χ0) is 39.0. The van der Waals surface area contributed by atoms with E-state index in [1.54, 1.807) is 0 Å². The lowest BCUT2D eigenvalue weighted by molar-refractivity contribution is 0.665. The van der Waals surface area contributed by atoms with Gasteiger partial charge in [0.15, 0.2) is 5.58 Å². The van der Waals surface area contributed by atoms with E-state index in [-0.39, 0.29) is 8.41 Å². The second kappa shape index (κ2) is 17.1. The van der Waals surface area contributed by atoms with Crippen molar-refractivity contribution < 1.29 is 8.83 Å². The predicted octanol–water partition coefficient (Wildman–Crippen LogP) is 14.5. The molecule has 12 rings (SSSR count). The van der Waals surface area contributed by atoms with E-state index in [2.05, 4.69) is 208 Å². The molecule has 58 heavy (non-hydrogen) atoms. The summed E-state index contributed by atoms with van der Waals surface area (Å²) in [6, 6.07) is 59.1. The molecule has 1 aliphatic carbocycles. The maximum atomic E-state index is 6.35. The molecule has 0 atom stereocenters. The number of para-hydroxylation sites is 3. The van der Waals surface area contributed by atoms with Gasteiger partial charge in [-0.25, -0.2) is 0 Å². The number of aromatic nitrogens is 1. The van der Waals surface area contributed by atoms with Gasteiger partial charge in [0, 0.05) is 86.4 Å². The van der Waals surface area contributed by atoms with Gasteiger partial charge in [0.25, 0.3) is 0 Å². The Labute approximate surface area is 371 Å². The van der Waals surface area contributed by atoms with E-state index in [4.69, 9.17) is 8.83 Å². The minimum absolute atomic E-state index is 0. The molecule has 0 fully saturated rings. The van der Waals surface area contributed by atoms with E-state index in [9.17, 15) is 0 Å². The Kier molecular flexibility index (Phi) is 11.8. The van der Waals surface area contributed by atoms with Crippen LogP contribution in [0.3, 0.4) is 0 Å². The molecule has 7 radical (unpaired) electrons. The van der Waals surface area contributed by atoms with E-state index >= 15 is 0 Å². The Bertz CT molecular complexity index is 3210. The van der Waals surface area contributed by atoms with Crippen LogP contribution < -0.4 is 0 Å². The number of fused-ring (bicyclic) bond motifs is 14. The third-order valence-corrected chi connectivity index (χ3v) is 12.2. The van der Waals surface area contributed by atoms with E-state index < -0.39 is 0 Å². The molecule has 1 aliphatic rings. The molecule has 0 N–H and O–H groups in total. The van der Waals surface area contributed by atoms with Crippen molar-refractivity contribution >= 4 is 144 Å². The first-order chi connectivity index (χ1) is 28.0. The summed E-state index contributed by atoms with van der Waals surface area (Å²) >= 11 is 9.16. The lowest BCUT2D eigenvalue weighted by Gasteiger charge is -2.08. The number of nitrogens with zero attached hydrogens (tertiary/aromatic N) is 1. The average molecular weight is 984 g/mol. The summed E-state index contributed by atoms with van der Waals surface area (Å²) in [4.78, 5) is 0. The van der Waals surface area contributed by atoms with Gasteiger partial charge in [0.2, 0.25) is 0 Å². The smallest absolute Gasteiger partial charge is 0.160 e. The van der Waals surface area contributed by atoms with Crippen LogP contribution in [0.5, 0.6) is 0 Å². The molecule has 3 nitrogen and oxygen atoms in total. The zero-order valence-electron chi connectivity index (χ0n) is 31.0. The van der Waals surface area contributed by atoms with Crippen molar-refractivity contribution in [1.29, 1.82) is 0 Å². The highest BCUT2D eigenvalue weighted by molar-refractivity contribution is 14.1. The normalized spacial score (nSPS) is 11.3. The molecule has 0 saturated carbocycles. The van der Waals surface area contributed by atoms with Crippen LogP contribution in [0.1, 0.15) is 11.1 Å². The van der Waals surface area contributed by atoms with E-state index in [1.165, 1.54) is 52.9 Å². The fourth-order valence-electron chi connectivity index (χ4n) is 7.92. The molecule has 0 spiro atoms. The Morgan fingerprint density at radius 3 is 1.67 bits per heavy atom. The van der Waals surface area contributed by atoms with Crippen LogP contribution in [-0.4, -0.2) is 28.5 Å². The second-order valence-corrected chi connectivity index (χ2v) is 16.7. The Morgan fingerprint density at radius 2 is 1.00 bits per heavy atom. The topological polar surface area (TPSA) is 31.2 Å². The first-order valence-electron chi connectivity index (χ1n) is 18.4. The minimum Gasteiger partial charge on any atom is -0.456 e. The quantitative estimate of drug-likeness (QED) is 0.121. The van der Waals surface area contributed by atoms with Crippen LogP contribution in [0.15, 0.2) is 188 Å².